The topological polar surface area (TPSA) is 56.0 Å². The number of carbonyl (C=O) groups is 1. The molecular formula is C16H13ClN2O2. The maximum Gasteiger partial charge on any atom is 0.160 e. The van der Waals surface area contributed by atoms with E-state index >= 15 is 0 Å². The lowest BCUT2D eigenvalue weighted by Crippen LogP contribution is -1.97. The van der Waals surface area contributed by atoms with Crippen LogP contribution in [-0.2, 0) is 0 Å². The summed E-state index contributed by atoms with van der Waals surface area (Å²) in [5.41, 5.74) is 3.72. The molecule has 0 amide bonds. The van der Waals surface area contributed by atoms with Crippen LogP contribution in [0.3, 0.4) is 0 Å². The van der Waals surface area contributed by atoms with Crippen molar-refractivity contribution in [3.8, 4) is 11.3 Å². The Morgan fingerprint density at radius 3 is 2.62 bits per heavy atom. The largest absolute Gasteiger partial charge is 0.361 e. The Hall–Kier alpha value is -2.20. The first-order chi connectivity index (χ1) is 9.97. The molecule has 106 valence electrons. The van der Waals surface area contributed by atoms with Crippen LogP contribution in [0.1, 0.15) is 28.6 Å². The number of halogens is 1. The summed E-state index contributed by atoms with van der Waals surface area (Å²) in [5.74, 6) is 0.652. The van der Waals surface area contributed by atoms with Crippen LogP contribution in [0, 0.1) is 13.8 Å². The molecule has 1 aromatic carbocycles. The van der Waals surface area contributed by atoms with Gasteiger partial charge in [-0.1, -0.05) is 16.8 Å². The van der Waals surface area contributed by atoms with Crippen LogP contribution in [0.4, 0.5) is 0 Å². The second-order valence-electron chi connectivity index (χ2n) is 5.05. The average Bonchev–Trinajstić information content (AvgIpc) is 2.83. The smallest absolute Gasteiger partial charge is 0.160 e. The highest BCUT2D eigenvalue weighted by molar-refractivity contribution is 6.34. The Morgan fingerprint density at radius 1 is 1.24 bits per heavy atom. The van der Waals surface area contributed by atoms with E-state index in [4.69, 9.17) is 16.1 Å². The lowest BCUT2D eigenvalue weighted by atomic mass is 10.0. The maximum absolute atomic E-state index is 11.8. The molecule has 0 saturated heterocycles. The number of nitrogens with zero attached hydrogens (tertiary/aromatic N) is 2. The van der Waals surface area contributed by atoms with Gasteiger partial charge in [-0.3, -0.25) is 4.79 Å². The quantitative estimate of drug-likeness (QED) is 0.660. The van der Waals surface area contributed by atoms with E-state index in [1.807, 2.05) is 26.0 Å². The van der Waals surface area contributed by atoms with E-state index in [0.29, 0.717) is 22.0 Å². The van der Waals surface area contributed by atoms with Gasteiger partial charge in [-0.2, -0.15) is 0 Å². The molecule has 3 aromatic rings. The number of aryl methyl sites for hydroxylation is 2. The fourth-order valence-corrected chi connectivity index (χ4v) is 2.65. The van der Waals surface area contributed by atoms with Gasteiger partial charge in [0.05, 0.1) is 28.0 Å². The number of benzene rings is 1. The SMILES string of the molecule is CC(=O)c1cc(C)cc2nc(-c3cnoc3C)c(Cl)cc12. The molecule has 0 aliphatic heterocycles. The average molecular weight is 301 g/mol. The van der Waals surface area contributed by atoms with E-state index < -0.39 is 0 Å². The fraction of sp³-hybridized carbons (Fsp3) is 0.188. The van der Waals surface area contributed by atoms with Gasteiger partial charge in [0.15, 0.2) is 5.78 Å². The Morgan fingerprint density at radius 2 is 2.00 bits per heavy atom. The maximum atomic E-state index is 11.8. The molecule has 0 N–H and O–H groups in total. The first kappa shape index (κ1) is 13.8. The van der Waals surface area contributed by atoms with Crippen molar-refractivity contribution in [1.29, 1.82) is 0 Å². The van der Waals surface area contributed by atoms with Crippen LogP contribution in [-0.4, -0.2) is 15.9 Å². The second kappa shape index (κ2) is 4.97. The summed E-state index contributed by atoms with van der Waals surface area (Å²) >= 11 is 6.34. The third-order valence-electron chi connectivity index (χ3n) is 3.42. The predicted octanol–water partition coefficient (Wildman–Crippen LogP) is 4.36. The van der Waals surface area contributed by atoms with E-state index in [2.05, 4.69) is 10.1 Å². The summed E-state index contributed by atoms with van der Waals surface area (Å²) in [7, 11) is 0. The third kappa shape index (κ3) is 2.32. The summed E-state index contributed by atoms with van der Waals surface area (Å²) in [6.07, 6.45) is 1.59. The molecule has 2 aromatic heterocycles. The first-order valence-corrected chi connectivity index (χ1v) is 6.88. The molecule has 4 nitrogen and oxygen atoms in total. The molecule has 2 heterocycles. The molecule has 3 rings (SSSR count). The number of hydrogen-bond donors (Lipinski definition) is 0. The van der Waals surface area contributed by atoms with Gasteiger partial charge >= 0.3 is 0 Å². The molecule has 0 fully saturated rings. The number of hydrogen-bond acceptors (Lipinski definition) is 4. The minimum atomic E-state index is -0.00419. The number of aromatic nitrogens is 2. The number of Topliss-reactive ketones (excluding diaryl/α,β-unsaturated/α-hetero) is 1. The molecule has 0 aliphatic carbocycles. The van der Waals surface area contributed by atoms with Gasteiger partial charge in [-0.05, 0) is 44.5 Å². The van der Waals surface area contributed by atoms with E-state index in [0.717, 1.165) is 22.0 Å². The highest BCUT2D eigenvalue weighted by atomic mass is 35.5. The van der Waals surface area contributed by atoms with Crippen molar-refractivity contribution in [2.45, 2.75) is 20.8 Å². The zero-order chi connectivity index (χ0) is 15.1. The number of rotatable bonds is 2. The normalized spacial score (nSPS) is 11.0. The second-order valence-corrected chi connectivity index (χ2v) is 5.46. The van der Waals surface area contributed by atoms with Crippen LogP contribution in [0.25, 0.3) is 22.2 Å². The van der Waals surface area contributed by atoms with Gasteiger partial charge in [-0.15, -0.1) is 0 Å². The van der Waals surface area contributed by atoms with Crippen molar-refractivity contribution in [3.05, 3.63) is 46.3 Å². The third-order valence-corrected chi connectivity index (χ3v) is 3.71. The zero-order valence-corrected chi connectivity index (χ0v) is 12.7. The molecule has 0 spiro atoms. The van der Waals surface area contributed by atoms with E-state index in [1.54, 1.807) is 19.2 Å². The van der Waals surface area contributed by atoms with Gasteiger partial charge in [-0.25, -0.2) is 4.98 Å². The zero-order valence-electron chi connectivity index (χ0n) is 11.9. The van der Waals surface area contributed by atoms with Gasteiger partial charge < -0.3 is 4.52 Å². The van der Waals surface area contributed by atoms with Crippen molar-refractivity contribution < 1.29 is 9.32 Å². The first-order valence-electron chi connectivity index (χ1n) is 6.51. The lowest BCUT2D eigenvalue weighted by molar-refractivity contribution is 0.101. The van der Waals surface area contributed by atoms with Crippen molar-refractivity contribution in [3.63, 3.8) is 0 Å². The van der Waals surface area contributed by atoms with E-state index in [-0.39, 0.29) is 5.78 Å². The molecule has 0 radical (unpaired) electrons. The van der Waals surface area contributed by atoms with Gasteiger partial charge in [0.25, 0.3) is 0 Å². The number of pyridine rings is 1. The number of fused-ring (bicyclic) bond motifs is 1. The van der Waals surface area contributed by atoms with Crippen LogP contribution < -0.4 is 0 Å². The summed E-state index contributed by atoms with van der Waals surface area (Å²) < 4.78 is 5.07. The summed E-state index contributed by atoms with van der Waals surface area (Å²) in [6, 6.07) is 5.57. The molecule has 0 unspecified atom stereocenters. The Kier molecular flexibility index (Phi) is 3.26. The molecule has 0 atom stereocenters. The van der Waals surface area contributed by atoms with Crippen molar-refractivity contribution >= 4 is 28.3 Å². The molecule has 21 heavy (non-hydrogen) atoms. The molecule has 0 aliphatic rings. The highest BCUT2D eigenvalue weighted by Gasteiger charge is 2.16. The van der Waals surface area contributed by atoms with Gasteiger partial charge in [0.2, 0.25) is 0 Å². The van der Waals surface area contributed by atoms with Gasteiger partial charge in [0, 0.05) is 10.9 Å². The van der Waals surface area contributed by atoms with E-state index in [9.17, 15) is 4.79 Å². The molecule has 0 saturated carbocycles. The number of ketones is 1. The summed E-state index contributed by atoms with van der Waals surface area (Å²) in [4.78, 5) is 16.4. The standard InChI is InChI=1S/C16H13ClN2O2/c1-8-4-11(9(2)20)12-6-14(17)16(19-15(12)5-8)13-7-18-21-10(13)3/h4-7H,1-3H3. The van der Waals surface area contributed by atoms with Crippen molar-refractivity contribution in [2.75, 3.05) is 0 Å². The minimum Gasteiger partial charge on any atom is -0.361 e. The predicted molar refractivity (Wildman–Crippen MR) is 81.7 cm³/mol. The molecule has 0 bridgehead atoms. The van der Waals surface area contributed by atoms with Gasteiger partial charge in [0.1, 0.15) is 5.76 Å². The van der Waals surface area contributed by atoms with Crippen molar-refractivity contribution in [2.24, 2.45) is 0 Å². The van der Waals surface area contributed by atoms with Crippen LogP contribution >= 0.6 is 11.6 Å². The fourth-order valence-electron chi connectivity index (χ4n) is 2.40. The summed E-state index contributed by atoms with van der Waals surface area (Å²) in [5, 5.41) is 4.99. The van der Waals surface area contributed by atoms with Crippen LogP contribution in [0.2, 0.25) is 5.02 Å². The Balaban J connectivity index is 2.35. The number of carbonyl (C=O) groups excluding carboxylic acids is 1. The van der Waals surface area contributed by atoms with Crippen molar-refractivity contribution in [1.82, 2.24) is 10.1 Å². The Bertz CT molecular complexity index is 868. The highest BCUT2D eigenvalue weighted by Crippen LogP contribution is 2.32. The molecular weight excluding hydrogens is 288 g/mol. The monoisotopic (exact) mass is 300 g/mol. The minimum absolute atomic E-state index is 0.00419. The van der Waals surface area contributed by atoms with Crippen LogP contribution in [0.5, 0.6) is 0 Å². The van der Waals surface area contributed by atoms with E-state index in [1.165, 1.54) is 0 Å². The van der Waals surface area contributed by atoms with Crippen LogP contribution in [0.15, 0.2) is 28.9 Å². The summed E-state index contributed by atoms with van der Waals surface area (Å²) in [6.45, 7) is 5.29. The molecule has 5 heteroatoms. The Labute approximate surface area is 126 Å². The lowest BCUT2D eigenvalue weighted by Gasteiger charge is -2.09.